The van der Waals surface area contributed by atoms with E-state index in [1.807, 2.05) is 0 Å². The van der Waals surface area contributed by atoms with Crippen LogP contribution in [-0.2, 0) is 0 Å². The lowest BCUT2D eigenvalue weighted by Gasteiger charge is -2.26. The molecule has 0 atom stereocenters. The summed E-state index contributed by atoms with van der Waals surface area (Å²) in [5.41, 5.74) is 2.46. The Morgan fingerprint density at radius 1 is 1.00 bits per heavy atom. The van der Waals surface area contributed by atoms with Gasteiger partial charge in [0.25, 0.3) is 0 Å². The molecule has 1 aliphatic carbocycles. The quantitative estimate of drug-likeness (QED) is 0.540. The van der Waals surface area contributed by atoms with Gasteiger partial charge in [-0.2, -0.15) is 0 Å². The lowest BCUT2D eigenvalue weighted by Crippen LogP contribution is -2.10. The number of hydrogen-bond acceptors (Lipinski definition) is 3. The molecule has 1 aromatic carbocycles. The molecule has 1 saturated carbocycles. The molecular formula is C23H28N2O. The van der Waals surface area contributed by atoms with Gasteiger partial charge in [-0.05, 0) is 54.7 Å². The molecule has 0 unspecified atom stereocenters. The Balaban J connectivity index is 1.57. The zero-order valence-electron chi connectivity index (χ0n) is 15.9. The van der Waals surface area contributed by atoms with Gasteiger partial charge < -0.3 is 4.74 Å². The van der Waals surface area contributed by atoms with Gasteiger partial charge >= 0.3 is 0 Å². The average molecular weight is 348 g/mol. The highest BCUT2D eigenvalue weighted by molar-refractivity contribution is 5.40. The summed E-state index contributed by atoms with van der Waals surface area (Å²) < 4.78 is 5.57. The van der Waals surface area contributed by atoms with Crippen LogP contribution in [-0.4, -0.2) is 16.6 Å². The normalized spacial score (nSPS) is 19.5. The van der Waals surface area contributed by atoms with E-state index in [4.69, 9.17) is 4.74 Å². The predicted molar refractivity (Wildman–Crippen MR) is 105 cm³/mol. The van der Waals surface area contributed by atoms with Crippen molar-refractivity contribution in [2.24, 2.45) is 5.92 Å². The third-order valence-corrected chi connectivity index (χ3v) is 5.11. The molecule has 0 amide bonds. The Kier molecular flexibility index (Phi) is 6.66. The van der Waals surface area contributed by atoms with Crippen molar-refractivity contribution in [1.29, 1.82) is 0 Å². The van der Waals surface area contributed by atoms with Crippen LogP contribution >= 0.6 is 0 Å². The van der Waals surface area contributed by atoms with Crippen LogP contribution in [0.2, 0.25) is 0 Å². The second-order valence-corrected chi connectivity index (χ2v) is 7.27. The first kappa shape index (κ1) is 18.5. The monoisotopic (exact) mass is 348 g/mol. The molecule has 2 aromatic rings. The average Bonchev–Trinajstić information content (AvgIpc) is 2.69. The summed E-state index contributed by atoms with van der Waals surface area (Å²) in [6, 6.07) is 8.69. The van der Waals surface area contributed by atoms with Crippen LogP contribution in [0.5, 0.6) is 5.75 Å². The molecular weight excluding hydrogens is 320 g/mol. The first-order valence-corrected chi connectivity index (χ1v) is 9.81. The van der Waals surface area contributed by atoms with E-state index in [2.05, 4.69) is 59.9 Å². The van der Waals surface area contributed by atoms with Gasteiger partial charge in [0.1, 0.15) is 0 Å². The van der Waals surface area contributed by atoms with Crippen molar-refractivity contribution in [1.82, 2.24) is 9.97 Å². The van der Waals surface area contributed by atoms with Crippen LogP contribution in [0.25, 0.3) is 0 Å². The van der Waals surface area contributed by atoms with E-state index in [9.17, 15) is 0 Å². The second-order valence-electron chi connectivity index (χ2n) is 7.27. The third kappa shape index (κ3) is 5.33. The van der Waals surface area contributed by atoms with Gasteiger partial charge in [-0.1, -0.05) is 51.2 Å². The van der Waals surface area contributed by atoms with Crippen molar-refractivity contribution in [3.8, 4) is 17.6 Å². The minimum Gasteiger partial charge on any atom is -0.490 e. The smallest absolute Gasteiger partial charge is 0.205 e. The highest BCUT2D eigenvalue weighted by Gasteiger charge is 2.19. The lowest BCUT2D eigenvalue weighted by molar-refractivity contribution is 0.307. The van der Waals surface area contributed by atoms with E-state index in [1.54, 1.807) is 12.4 Å². The number of aromatic nitrogens is 2. The van der Waals surface area contributed by atoms with Crippen molar-refractivity contribution in [3.05, 3.63) is 53.6 Å². The predicted octanol–water partition coefficient (Wildman–Crippen LogP) is 5.35. The van der Waals surface area contributed by atoms with E-state index >= 15 is 0 Å². The minimum atomic E-state index is 0.526. The van der Waals surface area contributed by atoms with Crippen LogP contribution in [0.3, 0.4) is 0 Å². The molecule has 1 aromatic heterocycles. The topological polar surface area (TPSA) is 35.0 Å². The van der Waals surface area contributed by atoms with Gasteiger partial charge in [0.15, 0.2) is 5.75 Å². The van der Waals surface area contributed by atoms with E-state index in [0.717, 1.165) is 30.2 Å². The molecule has 0 bridgehead atoms. The maximum absolute atomic E-state index is 5.57. The summed E-state index contributed by atoms with van der Waals surface area (Å²) in [6.45, 7) is 5.21. The van der Waals surface area contributed by atoms with Crippen LogP contribution in [0.15, 0.2) is 36.7 Å². The number of rotatable bonds is 5. The number of nitrogens with zero attached hydrogens (tertiary/aromatic N) is 2. The zero-order chi connectivity index (χ0) is 18.2. The van der Waals surface area contributed by atoms with Crippen molar-refractivity contribution < 1.29 is 4.74 Å². The van der Waals surface area contributed by atoms with Crippen LogP contribution < -0.4 is 4.74 Å². The molecule has 0 aliphatic heterocycles. The number of unbranched alkanes of at least 4 members (excludes halogenated alkanes) is 1. The van der Waals surface area contributed by atoms with E-state index < -0.39 is 0 Å². The Hall–Kier alpha value is -2.34. The van der Waals surface area contributed by atoms with Crippen LogP contribution in [0.4, 0.5) is 0 Å². The fourth-order valence-electron chi connectivity index (χ4n) is 3.35. The molecule has 0 spiro atoms. The summed E-state index contributed by atoms with van der Waals surface area (Å²) in [5, 5.41) is 0. The largest absolute Gasteiger partial charge is 0.490 e. The first-order chi connectivity index (χ1) is 12.7. The van der Waals surface area contributed by atoms with Gasteiger partial charge in [-0.15, -0.1) is 0 Å². The minimum absolute atomic E-state index is 0.526. The van der Waals surface area contributed by atoms with Gasteiger partial charge in [0.2, 0.25) is 5.82 Å². The molecule has 1 fully saturated rings. The molecule has 1 heterocycles. The van der Waals surface area contributed by atoms with Gasteiger partial charge in [-0.3, -0.25) is 0 Å². The van der Waals surface area contributed by atoms with E-state index in [-0.39, 0.29) is 0 Å². The summed E-state index contributed by atoms with van der Waals surface area (Å²) in [4.78, 5) is 8.52. The van der Waals surface area contributed by atoms with Gasteiger partial charge in [0.05, 0.1) is 19.0 Å². The molecule has 26 heavy (non-hydrogen) atoms. The Morgan fingerprint density at radius 3 is 2.35 bits per heavy atom. The fourth-order valence-corrected chi connectivity index (χ4v) is 3.35. The maximum atomic E-state index is 5.57. The lowest BCUT2D eigenvalue weighted by atomic mass is 9.79. The van der Waals surface area contributed by atoms with Crippen molar-refractivity contribution >= 4 is 0 Å². The highest BCUT2D eigenvalue weighted by Crippen LogP contribution is 2.35. The first-order valence-electron chi connectivity index (χ1n) is 9.81. The molecule has 136 valence electrons. The maximum Gasteiger partial charge on any atom is 0.205 e. The highest BCUT2D eigenvalue weighted by atomic mass is 16.5. The summed E-state index contributed by atoms with van der Waals surface area (Å²) in [5.74, 6) is 9.02. The van der Waals surface area contributed by atoms with Gasteiger partial charge in [-0.25, -0.2) is 9.97 Å². The Morgan fingerprint density at radius 2 is 1.69 bits per heavy atom. The van der Waals surface area contributed by atoms with Crippen molar-refractivity contribution in [2.45, 2.75) is 58.3 Å². The molecule has 0 N–H and O–H groups in total. The van der Waals surface area contributed by atoms with E-state index in [0.29, 0.717) is 18.2 Å². The van der Waals surface area contributed by atoms with Crippen molar-refractivity contribution in [2.75, 3.05) is 6.61 Å². The summed E-state index contributed by atoms with van der Waals surface area (Å²) in [7, 11) is 0. The summed E-state index contributed by atoms with van der Waals surface area (Å²) >= 11 is 0. The molecule has 1 aliphatic rings. The molecule has 3 rings (SSSR count). The SMILES string of the molecule is CCCCOc1cnc(C#Cc2ccc([C@H]3CC[C@H](C)CC3)cc2)nc1. The molecule has 0 saturated heterocycles. The van der Waals surface area contributed by atoms with Crippen molar-refractivity contribution in [3.63, 3.8) is 0 Å². The zero-order valence-corrected chi connectivity index (χ0v) is 15.9. The van der Waals surface area contributed by atoms with Crippen LogP contribution in [0, 0.1) is 17.8 Å². The summed E-state index contributed by atoms with van der Waals surface area (Å²) in [6.07, 6.45) is 10.9. The van der Waals surface area contributed by atoms with E-state index in [1.165, 1.54) is 31.2 Å². The molecule has 3 heteroatoms. The van der Waals surface area contributed by atoms with Gasteiger partial charge in [0, 0.05) is 5.56 Å². The number of hydrogen-bond donors (Lipinski definition) is 0. The standard InChI is InChI=1S/C23H28N2O/c1-3-4-15-26-22-16-24-23(25-17-22)14-9-19-7-12-21(13-8-19)20-10-5-18(2)6-11-20/h7-8,12-13,16-18,20H,3-6,10-11,15H2,1-2H3/t18-,20-. The molecule has 3 nitrogen and oxygen atoms in total. The second kappa shape index (κ2) is 9.38. The van der Waals surface area contributed by atoms with Crippen LogP contribution in [0.1, 0.15) is 75.2 Å². The molecule has 0 radical (unpaired) electrons. The number of ether oxygens (including phenoxy) is 1. The number of benzene rings is 1. The Bertz CT molecular complexity index is 733. The third-order valence-electron chi connectivity index (χ3n) is 5.11. The fraction of sp³-hybridized carbons (Fsp3) is 0.478. The Labute approximate surface area is 157 Å².